The normalized spacial score (nSPS) is 22.1. The molecule has 2 rings (SSSR count). The van der Waals surface area contributed by atoms with Gasteiger partial charge in [-0.2, -0.15) is 5.26 Å². The lowest BCUT2D eigenvalue weighted by molar-refractivity contribution is -0.144. The van der Waals surface area contributed by atoms with Crippen molar-refractivity contribution in [1.29, 1.82) is 5.26 Å². The average molecular weight is 272 g/mol. The van der Waals surface area contributed by atoms with Crippen LogP contribution in [0.1, 0.15) is 35.7 Å². The van der Waals surface area contributed by atoms with Crippen LogP contribution in [0.15, 0.2) is 24.3 Å². The fourth-order valence-electron chi connectivity index (χ4n) is 2.65. The Morgan fingerprint density at radius 2 is 2.20 bits per heavy atom. The molecule has 0 saturated carbocycles. The van der Waals surface area contributed by atoms with E-state index in [2.05, 4.69) is 0 Å². The van der Waals surface area contributed by atoms with Crippen molar-refractivity contribution in [2.24, 2.45) is 5.92 Å². The zero-order valence-corrected chi connectivity index (χ0v) is 11.2. The number of carbonyl (C=O) groups is 2. The van der Waals surface area contributed by atoms with Gasteiger partial charge < -0.3 is 10.0 Å². The number of carboxylic acids is 1. The lowest BCUT2D eigenvalue weighted by Gasteiger charge is -2.37. The van der Waals surface area contributed by atoms with Gasteiger partial charge >= 0.3 is 5.97 Å². The number of hydrogen-bond donors (Lipinski definition) is 1. The first-order valence-corrected chi connectivity index (χ1v) is 6.58. The summed E-state index contributed by atoms with van der Waals surface area (Å²) in [6, 6.07) is 8.16. The van der Waals surface area contributed by atoms with E-state index in [4.69, 9.17) is 5.26 Å². The summed E-state index contributed by atoms with van der Waals surface area (Å²) in [6.07, 6.45) is 1.28. The van der Waals surface area contributed by atoms with E-state index >= 15 is 0 Å². The van der Waals surface area contributed by atoms with Crippen LogP contribution < -0.4 is 0 Å². The topological polar surface area (TPSA) is 81.4 Å². The number of benzene rings is 1. The van der Waals surface area contributed by atoms with E-state index in [-0.39, 0.29) is 11.9 Å². The number of nitriles is 1. The second-order valence-electron chi connectivity index (χ2n) is 5.02. The van der Waals surface area contributed by atoms with Crippen molar-refractivity contribution in [3.05, 3.63) is 35.4 Å². The third-order valence-corrected chi connectivity index (χ3v) is 3.80. The zero-order chi connectivity index (χ0) is 14.7. The van der Waals surface area contributed by atoms with Gasteiger partial charge in [-0.1, -0.05) is 6.07 Å². The smallest absolute Gasteiger partial charge is 0.308 e. The molecule has 5 nitrogen and oxygen atoms in total. The minimum Gasteiger partial charge on any atom is -0.481 e. The lowest BCUT2D eigenvalue weighted by Crippen LogP contribution is -2.49. The lowest BCUT2D eigenvalue weighted by atomic mass is 9.90. The van der Waals surface area contributed by atoms with Crippen molar-refractivity contribution in [2.45, 2.75) is 25.8 Å². The molecule has 1 saturated heterocycles. The molecule has 1 fully saturated rings. The van der Waals surface area contributed by atoms with E-state index in [9.17, 15) is 14.7 Å². The molecule has 5 heteroatoms. The summed E-state index contributed by atoms with van der Waals surface area (Å²) < 4.78 is 0. The Morgan fingerprint density at radius 1 is 1.45 bits per heavy atom. The largest absolute Gasteiger partial charge is 0.481 e. The summed E-state index contributed by atoms with van der Waals surface area (Å²) in [4.78, 5) is 25.3. The van der Waals surface area contributed by atoms with Crippen LogP contribution in [0.3, 0.4) is 0 Å². The maximum Gasteiger partial charge on any atom is 0.308 e. The van der Waals surface area contributed by atoms with E-state index in [1.807, 2.05) is 6.07 Å². The number of piperidine rings is 1. The fourth-order valence-corrected chi connectivity index (χ4v) is 2.65. The van der Waals surface area contributed by atoms with Gasteiger partial charge in [0.2, 0.25) is 0 Å². The van der Waals surface area contributed by atoms with Gasteiger partial charge in [0.05, 0.1) is 17.6 Å². The summed E-state index contributed by atoms with van der Waals surface area (Å²) in [5, 5.41) is 18.0. The number of hydrogen-bond acceptors (Lipinski definition) is 3. The number of likely N-dealkylation sites (tertiary alicyclic amines) is 1. The first-order chi connectivity index (χ1) is 9.54. The Balaban J connectivity index is 2.23. The molecule has 0 unspecified atom stereocenters. The van der Waals surface area contributed by atoms with Crippen LogP contribution in [-0.2, 0) is 4.79 Å². The first kappa shape index (κ1) is 14.1. The molecule has 1 heterocycles. The molecule has 0 spiro atoms. The minimum absolute atomic E-state index is 0.208. The van der Waals surface area contributed by atoms with Crippen LogP contribution in [0.5, 0.6) is 0 Å². The highest BCUT2D eigenvalue weighted by atomic mass is 16.4. The first-order valence-electron chi connectivity index (χ1n) is 6.58. The molecular weight excluding hydrogens is 256 g/mol. The number of carbonyl (C=O) groups excluding carboxylic acids is 1. The fraction of sp³-hybridized carbons (Fsp3) is 0.400. The monoisotopic (exact) mass is 272 g/mol. The molecule has 0 bridgehead atoms. The van der Waals surface area contributed by atoms with Gasteiger partial charge in [-0.25, -0.2) is 0 Å². The van der Waals surface area contributed by atoms with Crippen molar-refractivity contribution in [3.63, 3.8) is 0 Å². The van der Waals surface area contributed by atoms with Gasteiger partial charge in [-0.15, -0.1) is 0 Å². The van der Waals surface area contributed by atoms with Gasteiger partial charge in [0.1, 0.15) is 0 Å². The molecule has 0 aromatic heterocycles. The predicted octanol–water partition coefficient (Wildman–Crippen LogP) is 1.88. The third kappa shape index (κ3) is 2.64. The molecule has 1 aromatic carbocycles. The summed E-state index contributed by atoms with van der Waals surface area (Å²) in [5.41, 5.74) is 0.859. The maximum absolute atomic E-state index is 12.5. The third-order valence-electron chi connectivity index (χ3n) is 3.80. The highest BCUT2D eigenvalue weighted by Crippen LogP contribution is 2.25. The van der Waals surface area contributed by atoms with Crippen LogP contribution >= 0.6 is 0 Å². The minimum atomic E-state index is -0.860. The molecule has 20 heavy (non-hydrogen) atoms. The second-order valence-corrected chi connectivity index (χ2v) is 5.02. The molecule has 104 valence electrons. The van der Waals surface area contributed by atoms with E-state index in [0.717, 1.165) is 0 Å². The molecule has 1 N–H and O–H groups in total. The molecule has 1 aliphatic heterocycles. The molecule has 0 aliphatic carbocycles. The molecule has 0 radical (unpaired) electrons. The Bertz CT molecular complexity index is 577. The van der Waals surface area contributed by atoms with Crippen LogP contribution in [0.2, 0.25) is 0 Å². The van der Waals surface area contributed by atoms with Crippen molar-refractivity contribution >= 4 is 11.9 Å². The molecule has 1 aliphatic rings. The predicted molar refractivity (Wildman–Crippen MR) is 72.0 cm³/mol. The highest BCUT2D eigenvalue weighted by Gasteiger charge is 2.35. The summed E-state index contributed by atoms with van der Waals surface area (Å²) in [5.74, 6) is -1.59. The van der Waals surface area contributed by atoms with Gasteiger partial charge in [0, 0.05) is 18.2 Å². The number of aliphatic carboxylic acids is 1. The SMILES string of the molecule is C[C@@H]1[C@H](C(=O)O)CCCN1C(=O)c1cccc(C#N)c1. The summed E-state index contributed by atoms with van der Waals surface area (Å²) in [6.45, 7) is 2.32. The standard InChI is InChI=1S/C15H16N2O3/c1-10-13(15(19)20)6-3-7-17(10)14(18)12-5-2-4-11(8-12)9-16/h2,4-5,8,10,13H,3,6-7H2,1H3,(H,19,20)/t10-,13-/m1/s1. The Labute approximate surface area is 117 Å². The molecule has 2 atom stereocenters. The average Bonchev–Trinajstić information content (AvgIpc) is 2.46. The molecule has 1 aromatic rings. The zero-order valence-electron chi connectivity index (χ0n) is 11.2. The van der Waals surface area contributed by atoms with Gasteiger partial charge in [0.15, 0.2) is 0 Å². The summed E-state index contributed by atoms with van der Waals surface area (Å²) >= 11 is 0. The Morgan fingerprint density at radius 3 is 2.85 bits per heavy atom. The number of carboxylic acid groups (broad SMARTS) is 1. The van der Waals surface area contributed by atoms with E-state index in [1.54, 1.807) is 36.1 Å². The Kier molecular flexibility index (Phi) is 4.04. The van der Waals surface area contributed by atoms with Gasteiger partial charge in [-0.3, -0.25) is 9.59 Å². The van der Waals surface area contributed by atoms with E-state index in [1.165, 1.54) is 0 Å². The van der Waals surface area contributed by atoms with E-state index in [0.29, 0.717) is 30.5 Å². The van der Waals surface area contributed by atoms with Crippen LogP contribution in [0, 0.1) is 17.2 Å². The van der Waals surface area contributed by atoms with Crippen molar-refractivity contribution in [3.8, 4) is 6.07 Å². The number of amides is 1. The summed E-state index contributed by atoms with van der Waals surface area (Å²) in [7, 11) is 0. The quantitative estimate of drug-likeness (QED) is 0.891. The maximum atomic E-state index is 12.5. The van der Waals surface area contributed by atoms with Crippen LogP contribution in [0.25, 0.3) is 0 Å². The molecule has 1 amide bonds. The van der Waals surface area contributed by atoms with Crippen LogP contribution in [0.4, 0.5) is 0 Å². The van der Waals surface area contributed by atoms with E-state index < -0.39 is 11.9 Å². The van der Waals surface area contributed by atoms with Crippen molar-refractivity contribution in [2.75, 3.05) is 6.54 Å². The second kappa shape index (κ2) is 5.74. The molecular formula is C15H16N2O3. The van der Waals surface area contributed by atoms with Crippen molar-refractivity contribution < 1.29 is 14.7 Å². The van der Waals surface area contributed by atoms with Crippen molar-refractivity contribution in [1.82, 2.24) is 4.90 Å². The Hall–Kier alpha value is -2.35. The number of nitrogens with zero attached hydrogens (tertiary/aromatic N) is 2. The van der Waals surface area contributed by atoms with Gasteiger partial charge in [0.25, 0.3) is 5.91 Å². The van der Waals surface area contributed by atoms with Gasteiger partial charge in [-0.05, 0) is 38.0 Å². The highest BCUT2D eigenvalue weighted by molar-refractivity contribution is 5.95. The number of rotatable bonds is 2. The van der Waals surface area contributed by atoms with Crippen LogP contribution in [-0.4, -0.2) is 34.5 Å².